The third-order valence-electron chi connectivity index (χ3n) is 2.40. The van der Waals surface area contributed by atoms with Gasteiger partial charge in [0.25, 0.3) is 5.69 Å². The number of pyridine rings is 1. The number of aromatic nitrogens is 1. The van der Waals surface area contributed by atoms with Crippen LogP contribution in [0.1, 0.15) is 32.3 Å². The first-order chi connectivity index (χ1) is 7.54. The molecule has 0 saturated heterocycles. The van der Waals surface area contributed by atoms with Crippen LogP contribution in [-0.2, 0) is 0 Å². The quantitative estimate of drug-likeness (QED) is 0.615. The number of hydrogen-bond acceptors (Lipinski definition) is 4. The lowest BCUT2D eigenvalue weighted by Crippen LogP contribution is -2.15. The van der Waals surface area contributed by atoms with E-state index in [1.165, 1.54) is 6.20 Å². The maximum Gasteiger partial charge on any atom is 0.290 e. The van der Waals surface area contributed by atoms with Crippen LogP contribution in [0.15, 0.2) is 12.3 Å². The summed E-state index contributed by atoms with van der Waals surface area (Å²) in [4.78, 5) is 14.2. The fourth-order valence-electron chi connectivity index (χ4n) is 1.58. The van der Waals surface area contributed by atoms with E-state index >= 15 is 0 Å². The second kappa shape index (κ2) is 5.44. The molecule has 0 aromatic carbocycles. The van der Waals surface area contributed by atoms with Crippen LogP contribution in [0.4, 0.5) is 11.5 Å². The van der Waals surface area contributed by atoms with Gasteiger partial charge >= 0.3 is 0 Å². The molecule has 0 saturated carbocycles. The molecule has 1 unspecified atom stereocenters. The van der Waals surface area contributed by atoms with Gasteiger partial charge < -0.3 is 5.32 Å². The molecule has 0 aliphatic carbocycles. The highest BCUT2D eigenvalue weighted by Gasteiger charge is 2.11. The van der Waals surface area contributed by atoms with E-state index < -0.39 is 4.92 Å². The van der Waals surface area contributed by atoms with E-state index in [-0.39, 0.29) is 5.69 Å². The van der Waals surface area contributed by atoms with Crippen molar-refractivity contribution in [1.29, 1.82) is 0 Å². The van der Waals surface area contributed by atoms with Gasteiger partial charge in [-0.15, -0.1) is 0 Å². The fraction of sp³-hybridized carbons (Fsp3) is 0.545. The number of aryl methyl sites for hydroxylation is 1. The highest BCUT2D eigenvalue weighted by Crippen LogP contribution is 2.19. The van der Waals surface area contributed by atoms with Crippen molar-refractivity contribution >= 4 is 11.5 Å². The summed E-state index contributed by atoms with van der Waals surface area (Å²) in [5.41, 5.74) is 0.694. The summed E-state index contributed by atoms with van der Waals surface area (Å²) in [5, 5.41) is 13.8. The molecule has 1 aromatic heterocycles. The van der Waals surface area contributed by atoms with E-state index in [0.717, 1.165) is 12.8 Å². The van der Waals surface area contributed by atoms with Crippen LogP contribution < -0.4 is 5.32 Å². The SMILES string of the molecule is CCCC(C)Nc1cc(C)c([N+](=O)[O-])cn1. The number of nitro groups is 1. The molecule has 88 valence electrons. The summed E-state index contributed by atoms with van der Waals surface area (Å²) >= 11 is 0. The van der Waals surface area contributed by atoms with Crippen molar-refractivity contribution < 1.29 is 4.92 Å². The summed E-state index contributed by atoms with van der Waals surface area (Å²) in [6.07, 6.45) is 3.45. The van der Waals surface area contributed by atoms with E-state index in [9.17, 15) is 10.1 Å². The summed E-state index contributed by atoms with van der Waals surface area (Å²) < 4.78 is 0. The Morgan fingerprint density at radius 3 is 2.81 bits per heavy atom. The largest absolute Gasteiger partial charge is 0.368 e. The second-order valence-electron chi connectivity index (χ2n) is 3.95. The number of hydrogen-bond donors (Lipinski definition) is 1. The van der Waals surface area contributed by atoms with E-state index in [1.54, 1.807) is 13.0 Å². The van der Waals surface area contributed by atoms with E-state index in [4.69, 9.17) is 0 Å². The molecule has 1 N–H and O–H groups in total. The monoisotopic (exact) mass is 223 g/mol. The number of rotatable bonds is 5. The van der Waals surface area contributed by atoms with Gasteiger partial charge in [0, 0.05) is 11.6 Å². The molecule has 1 rings (SSSR count). The number of nitrogens with one attached hydrogen (secondary N) is 1. The Labute approximate surface area is 95.0 Å². The third-order valence-corrected chi connectivity index (χ3v) is 2.40. The van der Waals surface area contributed by atoms with Crippen LogP contribution in [0.25, 0.3) is 0 Å². The van der Waals surface area contributed by atoms with Crippen molar-refractivity contribution in [1.82, 2.24) is 4.98 Å². The molecule has 5 nitrogen and oxygen atoms in total. The van der Waals surface area contributed by atoms with Crippen LogP contribution in [0.3, 0.4) is 0 Å². The topological polar surface area (TPSA) is 68.1 Å². The van der Waals surface area contributed by atoms with Gasteiger partial charge in [-0.25, -0.2) is 4.98 Å². The van der Waals surface area contributed by atoms with Gasteiger partial charge in [0.15, 0.2) is 0 Å². The summed E-state index contributed by atoms with van der Waals surface area (Å²) in [6.45, 7) is 5.91. The van der Waals surface area contributed by atoms with Crippen LogP contribution in [0.5, 0.6) is 0 Å². The normalized spacial score (nSPS) is 12.2. The highest BCUT2D eigenvalue weighted by atomic mass is 16.6. The molecule has 0 amide bonds. The van der Waals surface area contributed by atoms with E-state index in [1.807, 2.05) is 0 Å². The molecule has 1 atom stereocenters. The molecule has 0 fully saturated rings. The van der Waals surface area contributed by atoms with Gasteiger partial charge in [0.1, 0.15) is 12.0 Å². The molecular weight excluding hydrogens is 206 g/mol. The number of anilines is 1. The molecular formula is C11H17N3O2. The predicted molar refractivity (Wildman–Crippen MR) is 63.6 cm³/mol. The zero-order valence-corrected chi connectivity index (χ0v) is 9.86. The van der Waals surface area contributed by atoms with Crippen LogP contribution in [0.2, 0.25) is 0 Å². The molecule has 1 aromatic rings. The lowest BCUT2D eigenvalue weighted by Gasteiger charge is -2.13. The Morgan fingerprint density at radius 2 is 2.31 bits per heavy atom. The van der Waals surface area contributed by atoms with Crippen LogP contribution in [0, 0.1) is 17.0 Å². The highest BCUT2D eigenvalue weighted by molar-refractivity contribution is 5.47. The Balaban J connectivity index is 2.77. The minimum atomic E-state index is -0.415. The average molecular weight is 223 g/mol. The molecule has 0 radical (unpaired) electrons. The van der Waals surface area contributed by atoms with Gasteiger partial charge in [-0.2, -0.15) is 0 Å². The molecule has 0 aliphatic rings. The smallest absolute Gasteiger partial charge is 0.290 e. The fourth-order valence-corrected chi connectivity index (χ4v) is 1.58. The van der Waals surface area contributed by atoms with E-state index in [0.29, 0.717) is 17.4 Å². The van der Waals surface area contributed by atoms with E-state index in [2.05, 4.69) is 24.1 Å². The Kier molecular flexibility index (Phi) is 4.22. The molecule has 16 heavy (non-hydrogen) atoms. The maximum atomic E-state index is 10.6. The van der Waals surface area contributed by atoms with Crippen LogP contribution >= 0.6 is 0 Å². The number of nitrogens with zero attached hydrogens (tertiary/aromatic N) is 2. The van der Waals surface area contributed by atoms with Crippen LogP contribution in [-0.4, -0.2) is 15.9 Å². The Bertz CT molecular complexity index is 379. The zero-order chi connectivity index (χ0) is 12.1. The summed E-state index contributed by atoms with van der Waals surface area (Å²) in [6, 6.07) is 2.04. The second-order valence-corrected chi connectivity index (χ2v) is 3.95. The zero-order valence-electron chi connectivity index (χ0n) is 9.86. The lowest BCUT2D eigenvalue weighted by atomic mass is 10.2. The molecule has 0 bridgehead atoms. The van der Waals surface area contributed by atoms with Gasteiger partial charge in [-0.3, -0.25) is 10.1 Å². The molecule has 0 aliphatic heterocycles. The van der Waals surface area contributed by atoms with Crippen molar-refractivity contribution in [2.24, 2.45) is 0 Å². The molecule has 0 spiro atoms. The van der Waals surface area contributed by atoms with Crippen molar-refractivity contribution in [3.63, 3.8) is 0 Å². The predicted octanol–water partition coefficient (Wildman–Crippen LogP) is 2.90. The Morgan fingerprint density at radius 1 is 1.62 bits per heavy atom. The average Bonchev–Trinajstić information content (AvgIpc) is 2.17. The molecule has 1 heterocycles. The van der Waals surface area contributed by atoms with Crippen molar-refractivity contribution in [2.45, 2.75) is 39.7 Å². The third kappa shape index (κ3) is 3.18. The van der Waals surface area contributed by atoms with Crippen molar-refractivity contribution in [3.8, 4) is 0 Å². The first-order valence-electron chi connectivity index (χ1n) is 5.42. The summed E-state index contributed by atoms with van der Waals surface area (Å²) in [7, 11) is 0. The van der Waals surface area contributed by atoms with Gasteiger partial charge in [-0.1, -0.05) is 13.3 Å². The van der Waals surface area contributed by atoms with Gasteiger partial charge in [-0.05, 0) is 26.3 Å². The van der Waals surface area contributed by atoms with Crippen molar-refractivity contribution in [3.05, 3.63) is 27.9 Å². The first-order valence-corrected chi connectivity index (χ1v) is 5.42. The standard InChI is InChI=1S/C11H17N3O2/c1-4-5-9(3)13-11-6-8(2)10(7-12-11)14(15)16/h6-7,9H,4-5H2,1-3H3,(H,12,13). The first kappa shape index (κ1) is 12.4. The van der Waals surface area contributed by atoms with Gasteiger partial charge in [0.2, 0.25) is 0 Å². The summed E-state index contributed by atoms with van der Waals surface area (Å²) in [5.74, 6) is 0.698. The Hall–Kier alpha value is -1.65. The minimum absolute atomic E-state index is 0.0636. The molecule has 5 heteroatoms. The lowest BCUT2D eigenvalue weighted by molar-refractivity contribution is -0.385. The minimum Gasteiger partial charge on any atom is -0.368 e. The van der Waals surface area contributed by atoms with Gasteiger partial charge in [0.05, 0.1) is 4.92 Å². The maximum absolute atomic E-state index is 10.6. The van der Waals surface area contributed by atoms with Crippen molar-refractivity contribution in [2.75, 3.05) is 5.32 Å².